The predicted molar refractivity (Wildman–Crippen MR) is 127 cm³/mol. The summed E-state index contributed by atoms with van der Waals surface area (Å²) in [6.07, 6.45) is 0. The lowest BCUT2D eigenvalue weighted by Crippen LogP contribution is -2.10. The number of anilines is 1. The number of carbonyl (C=O) groups is 1. The van der Waals surface area contributed by atoms with Crippen LogP contribution < -0.4 is 14.8 Å². The maximum atomic E-state index is 12.8. The standard InChI is InChI=1S/C24H17ClN2O4S/c1-29-18-9-7-13(11-19(18)30-2)24-27-16-12-14(8-10-17(16)31-24)26-23(28)22-21(25)15-5-3-4-6-20(15)32-22/h3-12H,1-2H3,(H,26,28). The molecule has 3 aromatic carbocycles. The average Bonchev–Trinajstić information content (AvgIpc) is 3.39. The number of halogens is 1. The third-order valence-electron chi connectivity index (χ3n) is 5.02. The number of methoxy groups -OCH3 is 2. The van der Waals surface area contributed by atoms with Crippen molar-refractivity contribution in [3.63, 3.8) is 0 Å². The van der Waals surface area contributed by atoms with E-state index in [0.29, 0.717) is 44.1 Å². The number of nitrogens with one attached hydrogen (secondary N) is 1. The molecule has 0 aliphatic heterocycles. The molecule has 8 heteroatoms. The molecule has 0 aliphatic carbocycles. The molecule has 2 heterocycles. The van der Waals surface area contributed by atoms with Crippen LogP contribution in [0.1, 0.15) is 9.67 Å². The van der Waals surface area contributed by atoms with Gasteiger partial charge in [-0.2, -0.15) is 0 Å². The summed E-state index contributed by atoms with van der Waals surface area (Å²) in [6.45, 7) is 0. The molecule has 0 aliphatic rings. The quantitative estimate of drug-likeness (QED) is 0.316. The first kappa shape index (κ1) is 20.4. The summed E-state index contributed by atoms with van der Waals surface area (Å²) in [4.78, 5) is 17.9. The van der Waals surface area contributed by atoms with Gasteiger partial charge in [0.2, 0.25) is 5.89 Å². The second-order valence-electron chi connectivity index (χ2n) is 6.97. The maximum absolute atomic E-state index is 12.8. The van der Waals surface area contributed by atoms with E-state index in [9.17, 15) is 4.79 Å². The number of fused-ring (bicyclic) bond motifs is 2. The molecule has 5 aromatic rings. The lowest BCUT2D eigenvalue weighted by molar-refractivity contribution is 0.103. The van der Waals surface area contributed by atoms with Crippen molar-refractivity contribution in [2.45, 2.75) is 0 Å². The summed E-state index contributed by atoms with van der Waals surface area (Å²) in [5.41, 5.74) is 2.58. The first-order chi connectivity index (χ1) is 15.6. The van der Waals surface area contributed by atoms with Gasteiger partial charge < -0.3 is 19.2 Å². The summed E-state index contributed by atoms with van der Waals surface area (Å²) in [5, 5.41) is 4.23. The highest BCUT2D eigenvalue weighted by molar-refractivity contribution is 7.21. The van der Waals surface area contributed by atoms with Gasteiger partial charge in [0.25, 0.3) is 5.91 Å². The van der Waals surface area contributed by atoms with Gasteiger partial charge in [0, 0.05) is 21.3 Å². The zero-order chi connectivity index (χ0) is 22.2. The smallest absolute Gasteiger partial charge is 0.267 e. The molecule has 32 heavy (non-hydrogen) atoms. The molecule has 1 N–H and O–H groups in total. The Morgan fingerprint density at radius 3 is 2.62 bits per heavy atom. The fourth-order valence-corrected chi connectivity index (χ4v) is 4.86. The van der Waals surface area contributed by atoms with E-state index in [4.69, 9.17) is 25.5 Å². The number of oxazole rings is 1. The summed E-state index contributed by atoms with van der Waals surface area (Å²) in [5.74, 6) is 1.38. The molecule has 0 bridgehead atoms. The van der Waals surface area contributed by atoms with Gasteiger partial charge in [-0.25, -0.2) is 4.98 Å². The minimum absolute atomic E-state index is 0.265. The van der Waals surface area contributed by atoms with Crippen LogP contribution in [0.4, 0.5) is 5.69 Å². The number of carbonyl (C=O) groups excluding carboxylic acids is 1. The lowest BCUT2D eigenvalue weighted by Gasteiger charge is -2.07. The van der Waals surface area contributed by atoms with Crippen molar-refractivity contribution in [2.24, 2.45) is 0 Å². The summed E-state index contributed by atoms with van der Waals surface area (Å²) in [7, 11) is 3.16. The number of aromatic nitrogens is 1. The summed E-state index contributed by atoms with van der Waals surface area (Å²) >= 11 is 7.80. The zero-order valence-electron chi connectivity index (χ0n) is 17.1. The van der Waals surface area contributed by atoms with Crippen LogP contribution in [0.3, 0.4) is 0 Å². The molecule has 160 valence electrons. The minimum Gasteiger partial charge on any atom is -0.493 e. The zero-order valence-corrected chi connectivity index (χ0v) is 18.7. The molecule has 0 spiro atoms. The van der Waals surface area contributed by atoms with Crippen LogP contribution in [0.15, 0.2) is 65.1 Å². The molecule has 0 radical (unpaired) electrons. The number of rotatable bonds is 5. The third kappa shape index (κ3) is 3.55. The SMILES string of the molecule is COc1ccc(-c2nc3cc(NC(=O)c4sc5ccccc5c4Cl)ccc3o2)cc1OC. The van der Waals surface area contributed by atoms with Gasteiger partial charge in [0.05, 0.1) is 19.2 Å². The van der Waals surface area contributed by atoms with Crippen LogP contribution in [0.25, 0.3) is 32.6 Å². The Kier molecular flexibility index (Phi) is 5.20. The Morgan fingerprint density at radius 1 is 1.03 bits per heavy atom. The number of hydrogen-bond acceptors (Lipinski definition) is 6. The number of nitrogens with zero attached hydrogens (tertiary/aromatic N) is 1. The van der Waals surface area contributed by atoms with E-state index < -0.39 is 0 Å². The monoisotopic (exact) mass is 464 g/mol. The summed E-state index contributed by atoms with van der Waals surface area (Å²) in [6, 6.07) is 18.4. The largest absolute Gasteiger partial charge is 0.493 e. The highest BCUT2D eigenvalue weighted by Crippen LogP contribution is 2.36. The maximum Gasteiger partial charge on any atom is 0.267 e. The van der Waals surface area contributed by atoms with Gasteiger partial charge in [0.1, 0.15) is 10.4 Å². The number of ether oxygens (including phenoxy) is 2. The van der Waals surface area contributed by atoms with Crippen molar-refractivity contribution < 1.29 is 18.7 Å². The number of hydrogen-bond donors (Lipinski definition) is 1. The molecular weight excluding hydrogens is 448 g/mol. The van der Waals surface area contributed by atoms with E-state index in [2.05, 4.69) is 10.3 Å². The number of amides is 1. The predicted octanol–water partition coefficient (Wildman–Crippen LogP) is 6.63. The molecule has 0 saturated heterocycles. The second kappa shape index (κ2) is 8.18. The molecule has 0 unspecified atom stereocenters. The van der Waals surface area contributed by atoms with Crippen molar-refractivity contribution in [1.29, 1.82) is 0 Å². The molecule has 5 rings (SSSR count). The van der Waals surface area contributed by atoms with Gasteiger partial charge in [-0.05, 0) is 42.5 Å². The van der Waals surface area contributed by atoms with E-state index in [1.807, 2.05) is 30.3 Å². The lowest BCUT2D eigenvalue weighted by atomic mass is 10.2. The molecule has 0 fully saturated rings. The highest BCUT2D eigenvalue weighted by atomic mass is 35.5. The molecule has 2 aromatic heterocycles. The van der Waals surface area contributed by atoms with Gasteiger partial charge >= 0.3 is 0 Å². The number of thiophene rings is 1. The highest BCUT2D eigenvalue weighted by Gasteiger charge is 2.18. The molecule has 6 nitrogen and oxygen atoms in total. The summed E-state index contributed by atoms with van der Waals surface area (Å²) < 4.78 is 17.5. The van der Waals surface area contributed by atoms with Crippen molar-refractivity contribution in [1.82, 2.24) is 4.98 Å². The molecular formula is C24H17ClN2O4S. The van der Waals surface area contributed by atoms with Crippen molar-refractivity contribution in [3.05, 3.63) is 70.6 Å². The topological polar surface area (TPSA) is 73.6 Å². The Hall–Kier alpha value is -3.55. The van der Waals surface area contributed by atoms with Gasteiger partial charge in [-0.15, -0.1) is 11.3 Å². The minimum atomic E-state index is -0.265. The molecule has 0 atom stereocenters. The first-order valence-corrected chi connectivity index (χ1v) is 10.9. The third-order valence-corrected chi connectivity index (χ3v) is 6.69. The van der Waals surface area contributed by atoms with E-state index in [1.54, 1.807) is 44.6 Å². The Balaban J connectivity index is 1.44. The van der Waals surface area contributed by atoms with Gasteiger partial charge in [-0.1, -0.05) is 29.8 Å². The van der Waals surface area contributed by atoms with Gasteiger partial charge in [0.15, 0.2) is 17.1 Å². The molecule has 1 amide bonds. The fraction of sp³-hybridized carbons (Fsp3) is 0.0833. The van der Waals surface area contributed by atoms with E-state index in [1.165, 1.54) is 11.3 Å². The average molecular weight is 465 g/mol. The van der Waals surface area contributed by atoms with E-state index >= 15 is 0 Å². The van der Waals surface area contributed by atoms with Gasteiger partial charge in [-0.3, -0.25) is 4.79 Å². The van der Waals surface area contributed by atoms with Crippen LogP contribution in [0.2, 0.25) is 5.02 Å². The van der Waals surface area contributed by atoms with Crippen LogP contribution in [0, 0.1) is 0 Å². The molecule has 0 saturated carbocycles. The second-order valence-corrected chi connectivity index (χ2v) is 8.40. The van der Waals surface area contributed by atoms with E-state index in [0.717, 1.165) is 15.6 Å². The van der Waals surface area contributed by atoms with E-state index in [-0.39, 0.29) is 5.91 Å². The Bertz CT molecular complexity index is 1470. The van der Waals surface area contributed by atoms with Crippen LogP contribution >= 0.6 is 22.9 Å². The fourth-order valence-electron chi connectivity index (χ4n) is 3.45. The van der Waals surface area contributed by atoms with Crippen LogP contribution in [-0.2, 0) is 0 Å². The first-order valence-electron chi connectivity index (χ1n) is 9.68. The van der Waals surface area contributed by atoms with Crippen LogP contribution in [0.5, 0.6) is 11.5 Å². The van der Waals surface area contributed by atoms with Crippen molar-refractivity contribution >= 4 is 55.7 Å². The van der Waals surface area contributed by atoms with Crippen LogP contribution in [-0.4, -0.2) is 25.1 Å². The normalized spacial score (nSPS) is 11.1. The van der Waals surface area contributed by atoms with Crippen molar-refractivity contribution in [2.75, 3.05) is 19.5 Å². The Morgan fingerprint density at radius 2 is 1.84 bits per heavy atom. The van der Waals surface area contributed by atoms with Crippen molar-refractivity contribution in [3.8, 4) is 23.0 Å². The number of benzene rings is 3. The Labute approximate surface area is 192 Å².